The summed E-state index contributed by atoms with van der Waals surface area (Å²) in [6.45, 7) is 5.59. The summed E-state index contributed by atoms with van der Waals surface area (Å²) in [5.41, 5.74) is 1.58. The van der Waals surface area contributed by atoms with Gasteiger partial charge in [-0.25, -0.2) is 4.39 Å². The molecular formula is C26H29FN4O4. The van der Waals surface area contributed by atoms with Gasteiger partial charge in [0.2, 0.25) is 0 Å². The van der Waals surface area contributed by atoms with Gasteiger partial charge >= 0.3 is 5.97 Å². The Bertz CT molecular complexity index is 1120. The minimum atomic E-state index is -0.933. The topological polar surface area (TPSA) is 98.4 Å². The van der Waals surface area contributed by atoms with Gasteiger partial charge in [-0.3, -0.25) is 9.80 Å². The van der Waals surface area contributed by atoms with Crippen LogP contribution in [0.5, 0.6) is 11.5 Å². The second-order valence-corrected chi connectivity index (χ2v) is 8.74. The number of benzene rings is 2. The molecule has 2 atom stereocenters. The Labute approximate surface area is 204 Å². The van der Waals surface area contributed by atoms with E-state index in [1.807, 2.05) is 43.0 Å². The largest absolute Gasteiger partial charge is 0.494 e. The smallest absolute Gasteiger partial charge is 0.305 e. The number of nitriles is 1. The van der Waals surface area contributed by atoms with Gasteiger partial charge in [-0.15, -0.1) is 0 Å². The molecule has 0 radical (unpaired) electrons. The number of piperidine rings is 1. The molecule has 0 saturated carbocycles. The summed E-state index contributed by atoms with van der Waals surface area (Å²) in [6, 6.07) is 13.8. The van der Waals surface area contributed by atoms with Crippen molar-refractivity contribution in [1.29, 1.82) is 5.26 Å². The first-order valence-electron chi connectivity index (χ1n) is 11.8. The molecule has 2 aliphatic heterocycles. The molecule has 0 amide bonds. The third-order valence-electron chi connectivity index (χ3n) is 6.45. The molecule has 2 aromatic rings. The highest BCUT2D eigenvalue weighted by molar-refractivity contribution is 6.03. The van der Waals surface area contributed by atoms with Crippen molar-refractivity contribution in [2.45, 2.75) is 45.3 Å². The Kier molecular flexibility index (Phi) is 7.39. The molecule has 8 nitrogen and oxygen atoms in total. The fraction of sp³-hybridized carbons (Fsp3) is 0.423. The molecule has 1 N–H and O–H groups in total. The molecule has 1 fully saturated rings. The van der Waals surface area contributed by atoms with Crippen LogP contribution in [0.2, 0.25) is 0 Å². The van der Waals surface area contributed by atoms with Crippen molar-refractivity contribution in [3.05, 3.63) is 48.3 Å². The quantitative estimate of drug-likeness (QED) is 0.596. The predicted molar refractivity (Wildman–Crippen MR) is 131 cm³/mol. The van der Waals surface area contributed by atoms with Crippen LogP contribution in [-0.4, -0.2) is 48.6 Å². The number of hydrogen-bond donors (Lipinski definition) is 1. The summed E-state index contributed by atoms with van der Waals surface area (Å²) in [7, 11) is 0. The number of anilines is 2. The van der Waals surface area contributed by atoms with Gasteiger partial charge in [0, 0.05) is 37.9 Å². The number of carboxylic acid groups (broad SMARTS) is 1. The Hall–Kier alpha value is -3.80. The van der Waals surface area contributed by atoms with Gasteiger partial charge in [0.25, 0.3) is 0 Å². The summed E-state index contributed by atoms with van der Waals surface area (Å²) in [6.07, 6.45) is 1.39. The number of aliphatic carboxylic acids is 1. The normalized spacial score (nSPS) is 20.3. The van der Waals surface area contributed by atoms with E-state index in [0.29, 0.717) is 48.3 Å². The van der Waals surface area contributed by atoms with Crippen LogP contribution in [-0.2, 0) is 4.79 Å². The SMILES string of the molecule is CCOc1ccc(F)c(N2CCC(Oc3ccc(N4N=C(C#N)C(C)C4CC(=O)O)cc3)CC2)c1. The molecule has 0 aliphatic carbocycles. The van der Waals surface area contributed by atoms with Crippen molar-refractivity contribution in [3.63, 3.8) is 0 Å². The Morgan fingerprint density at radius 2 is 1.89 bits per heavy atom. The second kappa shape index (κ2) is 10.6. The number of ether oxygens (including phenoxy) is 2. The molecule has 2 heterocycles. The third-order valence-corrected chi connectivity index (χ3v) is 6.45. The van der Waals surface area contributed by atoms with E-state index in [9.17, 15) is 19.6 Å². The molecular weight excluding hydrogens is 451 g/mol. The van der Waals surface area contributed by atoms with Gasteiger partial charge < -0.3 is 19.5 Å². The summed E-state index contributed by atoms with van der Waals surface area (Å²) in [5.74, 6) is -0.105. The zero-order chi connectivity index (χ0) is 24.9. The summed E-state index contributed by atoms with van der Waals surface area (Å²) < 4.78 is 26.0. The van der Waals surface area contributed by atoms with Crippen LogP contribution in [0.25, 0.3) is 0 Å². The van der Waals surface area contributed by atoms with E-state index in [2.05, 4.69) is 11.2 Å². The van der Waals surface area contributed by atoms with Crippen molar-refractivity contribution in [2.24, 2.45) is 11.0 Å². The molecule has 0 bridgehead atoms. The Morgan fingerprint density at radius 1 is 1.20 bits per heavy atom. The number of hydrazone groups is 1. The number of halogens is 1. The average Bonchev–Trinajstić information content (AvgIpc) is 3.16. The number of nitrogens with zero attached hydrogens (tertiary/aromatic N) is 4. The maximum Gasteiger partial charge on any atom is 0.305 e. The lowest BCUT2D eigenvalue weighted by atomic mass is 9.95. The molecule has 2 aliphatic rings. The van der Waals surface area contributed by atoms with Crippen molar-refractivity contribution < 1.29 is 23.8 Å². The van der Waals surface area contributed by atoms with Crippen molar-refractivity contribution in [3.8, 4) is 17.6 Å². The number of carboxylic acids is 1. The second-order valence-electron chi connectivity index (χ2n) is 8.74. The van der Waals surface area contributed by atoms with E-state index in [4.69, 9.17) is 9.47 Å². The third kappa shape index (κ3) is 5.48. The molecule has 0 spiro atoms. The van der Waals surface area contributed by atoms with Crippen LogP contribution >= 0.6 is 0 Å². The molecule has 2 aromatic carbocycles. The summed E-state index contributed by atoms with van der Waals surface area (Å²) in [5, 5.41) is 24.5. The van der Waals surface area contributed by atoms with Crippen LogP contribution in [0.1, 0.15) is 33.1 Å². The molecule has 1 saturated heterocycles. The molecule has 0 aromatic heterocycles. The standard InChI is InChI=1S/C26H29FN4O4/c1-3-34-21-8-9-22(27)25(14-21)30-12-10-20(11-13-30)35-19-6-4-18(5-7-19)31-24(15-26(32)33)17(2)23(16-28)29-31/h4-9,14,17,20,24H,3,10-13,15H2,1-2H3,(H,32,33). The Morgan fingerprint density at radius 3 is 2.51 bits per heavy atom. The molecule has 184 valence electrons. The first-order chi connectivity index (χ1) is 16.9. The van der Waals surface area contributed by atoms with E-state index < -0.39 is 12.0 Å². The van der Waals surface area contributed by atoms with Gasteiger partial charge in [0.1, 0.15) is 35.2 Å². The van der Waals surface area contributed by atoms with E-state index in [1.165, 1.54) is 6.07 Å². The number of rotatable bonds is 8. The minimum Gasteiger partial charge on any atom is -0.494 e. The maximum absolute atomic E-state index is 14.4. The number of hydrogen-bond acceptors (Lipinski definition) is 7. The highest BCUT2D eigenvalue weighted by atomic mass is 19.1. The van der Waals surface area contributed by atoms with Crippen LogP contribution in [0, 0.1) is 23.1 Å². The van der Waals surface area contributed by atoms with E-state index in [1.54, 1.807) is 17.1 Å². The lowest BCUT2D eigenvalue weighted by Crippen LogP contribution is -2.38. The lowest BCUT2D eigenvalue weighted by Gasteiger charge is -2.34. The minimum absolute atomic E-state index is 0.00464. The zero-order valence-electron chi connectivity index (χ0n) is 19.9. The van der Waals surface area contributed by atoms with Crippen LogP contribution < -0.4 is 19.4 Å². The van der Waals surface area contributed by atoms with Gasteiger partial charge in [0.05, 0.1) is 30.4 Å². The van der Waals surface area contributed by atoms with E-state index in [-0.39, 0.29) is 24.3 Å². The average molecular weight is 481 g/mol. The first-order valence-corrected chi connectivity index (χ1v) is 11.8. The Balaban J connectivity index is 1.37. The van der Waals surface area contributed by atoms with Gasteiger partial charge in [0.15, 0.2) is 0 Å². The highest BCUT2D eigenvalue weighted by Gasteiger charge is 2.36. The summed E-state index contributed by atoms with van der Waals surface area (Å²) >= 11 is 0. The summed E-state index contributed by atoms with van der Waals surface area (Å²) in [4.78, 5) is 13.3. The van der Waals surface area contributed by atoms with Crippen LogP contribution in [0.4, 0.5) is 15.8 Å². The predicted octanol–water partition coefficient (Wildman–Crippen LogP) is 4.45. The van der Waals surface area contributed by atoms with Crippen molar-refractivity contribution in [1.82, 2.24) is 0 Å². The van der Waals surface area contributed by atoms with Crippen molar-refractivity contribution >= 4 is 23.1 Å². The fourth-order valence-corrected chi connectivity index (χ4v) is 4.57. The molecule has 35 heavy (non-hydrogen) atoms. The van der Waals surface area contributed by atoms with E-state index >= 15 is 0 Å². The molecule has 4 rings (SSSR count). The highest BCUT2D eigenvalue weighted by Crippen LogP contribution is 2.32. The van der Waals surface area contributed by atoms with Crippen molar-refractivity contribution in [2.75, 3.05) is 29.6 Å². The van der Waals surface area contributed by atoms with Crippen LogP contribution in [0.15, 0.2) is 47.6 Å². The van der Waals surface area contributed by atoms with E-state index in [0.717, 1.165) is 12.8 Å². The van der Waals surface area contributed by atoms with Gasteiger partial charge in [-0.1, -0.05) is 6.92 Å². The molecule has 2 unspecified atom stereocenters. The zero-order valence-corrected chi connectivity index (χ0v) is 19.9. The number of carbonyl (C=O) groups is 1. The molecule has 9 heteroatoms. The first kappa shape index (κ1) is 24.3. The monoisotopic (exact) mass is 480 g/mol. The van der Waals surface area contributed by atoms with Crippen LogP contribution in [0.3, 0.4) is 0 Å². The van der Waals surface area contributed by atoms with Gasteiger partial charge in [-0.2, -0.15) is 10.4 Å². The fourth-order valence-electron chi connectivity index (χ4n) is 4.57. The maximum atomic E-state index is 14.4. The van der Waals surface area contributed by atoms with Gasteiger partial charge in [-0.05, 0) is 43.3 Å². The lowest BCUT2D eigenvalue weighted by molar-refractivity contribution is -0.137.